The molecule has 3 aliphatic rings. The normalized spacial score (nSPS) is 21.3. The van der Waals surface area contributed by atoms with Gasteiger partial charge in [0.05, 0.1) is 12.0 Å². The zero-order valence-corrected chi connectivity index (χ0v) is 16.0. The van der Waals surface area contributed by atoms with Crippen molar-refractivity contribution in [2.24, 2.45) is 10.1 Å². The number of amidine groups is 2. The van der Waals surface area contributed by atoms with Crippen LogP contribution in [0.4, 0.5) is 0 Å². The van der Waals surface area contributed by atoms with Crippen molar-refractivity contribution in [1.29, 1.82) is 5.41 Å². The molecule has 2 amide bonds. The maximum Gasteiger partial charge on any atom is 0.283 e. The highest BCUT2D eigenvalue weighted by atomic mass is 79.9. The van der Waals surface area contributed by atoms with Crippen LogP contribution in [-0.2, 0) is 9.59 Å². The highest BCUT2D eigenvalue weighted by Gasteiger charge is 2.36. The first-order chi connectivity index (χ1) is 12.5. The van der Waals surface area contributed by atoms with Crippen LogP contribution in [0.25, 0.3) is 6.08 Å². The Morgan fingerprint density at radius 1 is 1.38 bits per heavy atom. The molecule has 1 N–H and O–H groups in total. The van der Waals surface area contributed by atoms with Crippen molar-refractivity contribution < 1.29 is 14.0 Å². The summed E-state index contributed by atoms with van der Waals surface area (Å²) in [6.07, 6.45) is 3.68. The first kappa shape index (κ1) is 17.2. The molecular formula is C16H14BrN5O3S. The number of nitrogens with zero attached hydrogens (tertiary/aromatic N) is 4. The van der Waals surface area contributed by atoms with Gasteiger partial charge >= 0.3 is 0 Å². The van der Waals surface area contributed by atoms with E-state index >= 15 is 0 Å². The second-order valence-electron chi connectivity index (χ2n) is 5.92. The lowest BCUT2D eigenvalue weighted by Crippen LogP contribution is -2.35. The van der Waals surface area contributed by atoms with Crippen LogP contribution in [0, 0.1) is 5.41 Å². The summed E-state index contributed by atoms with van der Waals surface area (Å²) in [5.41, 5.74) is 0.0899. The lowest BCUT2D eigenvalue weighted by molar-refractivity contribution is -0.128. The van der Waals surface area contributed by atoms with E-state index in [1.54, 1.807) is 12.1 Å². The zero-order valence-electron chi connectivity index (χ0n) is 13.6. The van der Waals surface area contributed by atoms with Gasteiger partial charge in [-0.2, -0.15) is 15.1 Å². The fourth-order valence-corrected chi connectivity index (χ4v) is 4.05. The maximum absolute atomic E-state index is 12.3. The van der Waals surface area contributed by atoms with E-state index < -0.39 is 5.91 Å². The van der Waals surface area contributed by atoms with Crippen LogP contribution in [0.3, 0.4) is 0 Å². The maximum atomic E-state index is 12.3. The van der Waals surface area contributed by atoms with E-state index in [1.807, 2.05) is 4.90 Å². The van der Waals surface area contributed by atoms with Gasteiger partial charge in [-0.15, -0.1) is 0 Å². The van der Waals surface area contributed by atoms with Crippen molar-refractivity contribution in [2.75, 3.05) is 13.1 Å². The molecule has 1 aromatic heterocycles. The van der Waals surface area contributed by atoms with Crippen LogP contribution in [0.15, 0.2) is 36.9 Å². The van der Waals surface area contributed by atoms with Gasteiger partial charge in [0.2, 0.25) is 11.1 Å². The molecule has 1 saturated heterocycles. The van der Waals surface area contributed by atoms with E-state index in [4.69, 9.17) is 9.83 Å². The molecule has 0 atom stereocenters. The molecule has 0 saturated carbocycles. The lowest BCUT2D eigenvalue weighted by Gasteiger charge is -2.19. The number of nitrogens with one attached hydrogen (secondary N) is 1. The largest absolute Gasteiger partial charge is 0.450 e. The number of likely N-dealkylation sites (tertiary alicyclic amines) is 1. The number of hydrogen-bond donors (Lipinski definition) is 1. The van der Waals surface area contributed by atoms with Gasteiger partial charge in [-0.1, -0.05) is 0 Å². The van der Waals surface area contributed by atoms with Crippen LogP contribution in [0.2, 0.25) is 0 Å². The van der Waals surface area contributed by atoms with Crippen LogP contribution < -0.4 is 0 Å². The molecule has 4 heterocycles. The summed E-state index contributed by atoms with van der Waals surface area (Å²) in [5.74, 6) is -0.153. The Balaban J connectivity index is 1.54. The Morgan fingerprint density at radius 3 is 2.85 bits per heavy atom. The molecule has 3 aliphatic heterocycles. The molecule has 0 aromatic carbocycles. The van der Waals surface area contributed by atoms with E-state index in [-0.39, 0.29) is 23.7 Å². The summed E-state index contributed by atoms with van der Waals surface area (Å²) in [7, 11) is 0. The fourth-order valence-electron chi connectivity index (χ4n) is 2.86. The van der Waals surface area contributed by atoms with Gasteiger partial charge in [0.25, 0.3) is 5.91 Å². The third-order valence-corrected chi connectivity index (χ3v) is 5.47. The predicted molar refractivity (Wildman–Crippen MR) is 102 cm³/mol. The number of carbonyl (C=O) groups excluding carboxylic acids is 2. The van der Waals surface area contributed by atoms with E-state index in [0.29, 0.717) is 20.6 Å². The molecule has 0 radical (unpaired) electrons. The number of hydrogen-bond acceptors (Lipinski definition) is 6. The number of thioether (sulfide) groups is 1. The monoisotopic (exact) mass is 435 g/mol. The van der Waals surface area contributed by atoms with Gasteiger partial charge in [-0.05, 0) is 58.7 Å². The third-order valence-electron chi connectivity index (χ3n) is 4.14. The zero-order chi connectivity index (χ0) is 18.3. The predicted octanol–water partition coefficient (Wildman–Crippen LogP) is 2.67. The highest BCUT2D eigenvalue weighted by molar-refractivity contribution is 9.10. The van der Waals surface area contributed by atoms with E-state index in [9.17, 15) is 9.59 Å². The number of hydrazone groups is 1. The van der Waals surface area contributed by atoms with E-state index in [2.05, 4.69) is 26.0 Å². The standard InChI is InChI=1S/C16H14BrN5O3S/c17-11-4-3-9(25-11)7-10-14(18)22-16(19-15(10)24)26-12(20-22)8-13(23)21-5-1-2-6-21/h3-4,7,18H,1-2,5-6,8H2/b10-7-,18-14?. The summed E-state index contributed by atoms with van der Waals surface area (Å²) in [4.78, 5) is 30.4. The van der Waals surface area contributed by atoms with Crippen LogP contribution in [-0.4, -0.2) is 50.9 Å². The van der Waals surface area contributed by atoms with Crippen LogP contribution >= 0.6 is 27.7 Å². The van der Waals surface area contributed by atoms with Gasteiger partial charge in [-0.3, -0.25) is 15.0 Å². The number of rotatable bonds is 3. The second kappa shape index (κ2) is 6.84. The fraction of sp³-hybridized carbons (Fsp3) is 0.312. The third kappa shape index (κ3) is 3.26. The number of amides is 2. The number of furan rings is 1. The summed E-state index contributed by atoms with van der Waals surface area (Å²) < 4.78 is 5.89. The highest BCUT2D eigenvalue weighted by Crippen LogP contribution is 2.30. The Morgan fingerprint density at radius 2 is 2.15 bits per heavy atom. The minimum absolute atomic E-state index is 0.0169. The Kier molecular flexibility index (Phi) is 4.53. The molecule has 1 aromatic rings. The summed E-state index contributed by atoms with van der Waals surface area (Å²) in [6.45, 7) is 1.56. The second-order valence-corrected chi connectivity index (χ2v) is 7.74. The Bertz CT molecular complexity index is 897. The molecule has 0 unspecified atom stereocenters. The van der Waals surface area contributed by atoms with Gasteiger partial charge in [0, 0.05) is 13.1 Å². The van der Waals surface area contributed by atoms with Gasteiger partial charge in [-0.25, -0.2) is 0 Å². The molecule has 26 heavy (non-hydrogen) atoms. The van der Waals surface area contributed by atoms with Crippen LogP contribution in [0.5, 0.6) is 0 Å². The molecule has 0 aliphatic carbocycles. The van der Waals surface area contributed by atoms with Crippen molar-refractivity contribution in [2.45, 2.75) is 19.3 Å². The molecule has 8 nitrogen and oxygen atoms in total. The average Bonchev–Trinajstić information content (AvgIpc) is 3.32. The Labute approximate surface area is 161 Å². The molecule has 10 heteroatoms. The number of fused-ring (bicyclic) bond motifs is 1. The van der Waals surface area contributed by atoms with Crippen LogP contribution in [0.1, 0.15) is 25.0 Å². The topological polar surface area (TPSA) is 102 Å². The molecule has 1 fully saturated rings. The van der Waals surface area contributed by atoms with Gasteiger partial charge in [0.15, 0.2) is 10.5 Å². The van der Waals surface area contributed by atoms with Crippen molar-refractivity contribution >= 4 is 61.6 Å². The Hall–Kier alpha value is -2.20. The minimum atomic E-state index is -0.524. The lowest BCUT2D eigenvalue weighted by atomic mass is 10.1. The minimum Gasteiger partial charge on any atom is -0.450 e. The van der Waals surface area contributed by atoms with Crippen molar-refractivity contribution in [3.8, 4) is 0 Å². The molecule has 4 rings (SSSR count). The number of aliphatic imine (C=N–C) groups is 1. The van der Waals surface area contributed by atoms with Crippen molar-refractivity contribution in [3.63, 3.8) is 0 Å². The molecule has 134 valence electrons. The van der Waals surface area contributed by atoms with Gasteiger partial charge in [0.1, 0.15) is 10.8 Å². The molecule has 0 bridgehead atoms. The smallest absolute Gasteiger partial charge is 0.283 e. The summed E-state index contributed by atoms with van der Waals surface area (Å²) in [5, 5.41) is 14.7. The van der Waals surface area contributed by atoms with Crippen molar-refractivity contribution in [1.82, 2.24) is 9.91 Å². The first-order valence-electron chi connectivity index (χ1n) is 8.03. The first-order valence-corrected chi connectivity index (χ1v) is 9.64. The summed E-state index contributed by atoms with van der Waals surface area (Å²) in [6, 6.07) is 3.38. The van der Waals surface area contributed by atoms with Gasteiger partial charge < -0.3 is 9.32 Å². The SMILES string of the molecule is N=C1/C(=C/c2ccc(Br)o2)C(=O)N=C2SC(CC(=O)N3CCCC3)=NN12. The van der Waals surface area contributed by atoms with Crippen molar-refractivity contribution in [3.05, 3.63) is 28.1 Å². The average molecular weight is 436 g/mol. The molecular weight excluding hydrogens is 422 g/mol. The number of carbonyl (C=O) groups is 2. The molecule has 0 spiro atoms. The van der Waals surface area contributed by atoms with E-state index in [1.165, 1.54) is 11.1 Å². The summed E-state index contributed by atoms with van der Waals surface area (Å²) >= 11 is 4.36. The number of halogens is 1. The van der Waals surface area contributed by atoms with E-state index in [0.717, 1.165) is 37.7 Å². The quantitative estimate of drug-likeness (QED) is 0.735.